The average Bonchev–Trinajstić information content (AvgIpc) is 3.11. The summed E-state index contributed by atoms with van der Waals surface area (Å²) in [4.78, 5) is 12.3. The topological polar surface area (TPSA) is 46.9 Å². The second-order valence-corrected chi connectivity index (χ2v) is 5.94. The normalized spacial score (nSPS) is 10.6. The van der Waals surface area contributed by atoms with E-state index in [4.69, 9.17) is 11.6 Å². The molecule has 0 saturated carbocycles. The summed E-state index contributed by atoms with van der Waals surface area (Å²) in [7, 11) is 0. The summed E-state index contributed by atoms with van der Waals surface area (Å²) in [6.07, 6.45) is 4.28. The summed E-state index contributed by atoms with van der Waals surface area (Å²) in [5.74, 6) is -0.144. The minimum Gasteiger partial charge on any atom is -0.348 e. The monoisotopic (exact) mass is 339 g/mol. The van der Waals surface area contributed by atoms with Crippen LogP contribution in [-0.4, -0.2) is 15.7 Å². The minimum absolute atomic E-state index is 0.144. The van der Waals surface area contributed by atoms with Crippen LogP contribution >= 0.6 is 11.6 Å². The molecule has 2 aromatic carbocycles. The molecule has 0 saturated heterocycles. The fraction of sp³-hybridized carbons (Fsp3) is 0.158. The molecule has 1 heterocycles. The molecule has 0 aliphatic heterocycles. The summed E-state index contributed by atoms with van der Waals surface area (Å²) in [6, 6.07) is 15.5. The van der Waals surface area contributed by atoms with Crippen molar-refractivity contribution in [2.45, 2.75) is 19.9 Å². The van der Waals surface area contributed by atoms with Gasteiger partial charge in [-0.3, -0.25) is 4.79 Å². The highest BCUT2D eigenvalue weighted by Crippen LogP contribution is 2.13. The quantitative estimate of drug-likeness (QED) is 0.763. The molecule has 0 atom stereocenters. The fourth-order valence-electron chi connectivity index (χ4n) is 2.35. The van der Waals surface area contributed by atoms with Crippen molar-refractivity contribution >= 4 is 17.5 Å². The lowest BCUT2D eigenvalue weighted by Gasteiger charge is -2.05. The van der Waals surface area contributed by atoms with Crippen LogP contribution in [0.2, 0.25) is 5.02 Å². The highest BCUT2D eigenvalue weighted by molar-refractivity contribution is 6.30. The third-order valence-electron chi connectivity index (χ3n) is 3.82. The highest BCUT2D eigenvalue weighted by Gasteiger charge is 2.09. The minimum atomic E-state index is -0.144. The SMILES string of the molecule is CCc1ccc(CNC(=O)c2cnn(-c3ccc(Cl)cc3)c2)cc1. The zero-order valence-electron chi connectivity index (χ0n) is 13.4. The lowest BCUT2D eigenvalue weighted by atomic mass is 10.1. The largest absolute Gasteiger partial charge is 0.348 e. The third kappa shape index (κ3) is 3.84. The zero-order valence-corrected chi connectivity index (χ0v) is 14.1. The highest BCUT2D eigenvalue weighted by atomic mass is 35.5. The van der Waals surface area contributed by atoms with Crippen molar-refractivity contribution < 1.29 is 4.79 Å². The maximum atomic E-state index is 12.3. The van der Waals surface area contributed by atoms with E-state index in [9.17, 15) is 4.79 Å². The number of rotatable bonds is 5. The van der Waals surface area contributed by atoms with Crippen LogP contribution in [0.4, 0.5) is 0 Å². The first-order chi connectivity index (χ1) is 11.7. The van der Waals surface area contributed by atoms with Crippen LogP contribution in [0.3, 0.4) is 0 Å². The molecule has 24 heavy (non-hydrogen) atoms. The van der Waals surface area contributed by atoms with E-state index in [0.717, 1.165) is 17.7 Å². The van der Waals surface area contributed by atoms with Crippen molar-refractivity contribution in [1.29, 1.82) is 0 Å². The van der Waals surface area contributed by atoms with E-state index in [1.807, 2.05) is 24.3 Å². The van der Waals surface area contributed by atoms with Gasteiger partial charge in [0.25, 0.3) is 5.91 Å². The van der Waals surface area contributed by atoms with Gasteiger partial charge in [0.1, 0.15) is 0 Å². The van der Waals surface area contributed by atoms with Gasteiger partial charge >= 0.3 is 0 Å². The molecule has 0 bridgehead atoms. The van der Waals surface area contributed by atoms with Gasteiger partial charge in [-0.2, -0.15) is 5.10 Å². The van der Waals surface area contributed by atoms with Crippen molar-refractivity contribution in [3.8, 4) is 5.69 Å². The fourth-order valence-corrected chi connectivity index (χ4v) is 2.48. The molecule has 1 amide bonds. The first-order valence-electron chi connectivity index (χ1n) is 7.82. The van der Waals surface area contributed by atoms with Crippen LogP contribution in [0.1, 0.15) is 28.4 Å². The maximum absolute atomic E-state index is 12.3. The van der Waals surface area contributed by atoms with Crippen molar-refractivity contribution in [1.82, 2.24) is 15.1 Å². The summed E-state index contributed by atoms with van der Waals surface area (Å²) < 4.78 is 1.65. The number of carbonyl (C=O) groups excluding carboxylic acids is 1. The summed E-state index contributed by atoms with van der Waals surface area (Å²) in [6.45, 7) is 2.62. The molecule has 5 heteroatoms. The molecule has 0 aliphatic rings. The number of aromatic nitrogens is 2. The van der Waals surface area contributed by atoms with Gasteiger partial charge in [-0.15, -0.1) is 0 Å². The number of benzene rings is 2. The molecule has 122 valence electrons. The van der Waals surface area contributed by atoms with Crippen molar-refractivity contribution in [3.63, 3.8) is 0 Å². The van der Waals surface area contributed by atoms with E-state index in [1.54, 1.807) is 29.2 Å². The Morgan fingerprint density at radius 2 is 1.75 bits per heavy atom. The van der Waals surface area contributed by atoms with E-state index < -0.39 is 0 Å². The van der Waals surface area contributed by atoms with E-state index in [-0.39, 0.29) is 5.91 Å². The number of nitrogens with zero attached hydrogens (tertiary/aromatic N) is 2. The Morgan fingerprint density at radius 3 is 2.42 bits per heavy atom. The van der Waals surface area contributed by atoms with Crippen LogP contribution in [0.15, 0.2) is 60.9 Å². The second kappa shape index (κ2) is 7.32. The van der Waals surface area contributed by atoms with Crippen LogP contribution in [0.25, 0.3) is 5.69 Å². The van der Waals surface area contributed by atoms with E-state index in [2.05, 4.69) is 29.5 Å². The standard InChI is InChI=1S/C19H18ClN3O/c1-2-14-3-5-15(6-4-14)11-21-19(24)16-12-22-23(13-16)18-9-7-17(20)8-10-18/h3-10,12-13H,2,11H2,1H3,(H,21,24). The van der Waals surface area contributed by atoms with Crippen LogP contribution in [0, 0.1) is 0 Å². The number of halogens is 1. The van der Waals surface area contributed by atoms with Gasteiger partial charge in [-0.1, -0.05) is 42.8 Å². The Balaban J connectivity index is 1.64. The zero-order chi connectivity index (χ0) is 16.9. The van der Waals surface area contributed by atoms with Crippen LogP contribution < -0.4 is 5.32 Å². The molecule has 0 unspecified atom stereocenters. The Morgan fingerprint density at radius 1 is 1.08 bits per heavy atom. The smallest absolute Gasteiger partial charge is 0.254 e. The Kier molecular flexibility index (Phi) is 4.96. The predicted octanol–water partition coefficient (Wildman–Crippen LogP) is 4.02. The average molecular weight is 340 g/mol. The second-order valence-electron chi connectivity index (χ2n) is 5.50. The number of nitrogens with one attached hydrogen (secondary N) is 1. The van der Waals surface area contributed by atoms with E-state index in [0.29, 0.717) is 17.1 Å². The third-order valence-corrected chi connectivity index (χ3v) is 4.07. The molecule has 3 rings (SSSR count). The molecule has 3 aromatic rings. The predicted molar refractivity (Wildman–Crippen MR) is 95.6 cm³/mol. The van der Waals surface area contributed by atoms with Gasteiger partial charge in [0.2, 0.25) is 0 Å². The summed E-state index contributed by atoms with van der Waals surface area (Å²) >= 11 is 5.88. The number of hydrogen-bond acceptors (Lipinski definition) is 2. The van der Waals surface area contributed by atoms with Gasteiger partial charge in [0.15, 0.2) is 0 Å². The molecule has 0 fully saturated rings. The van der Waals surface area contributed by atoms with Crippen LogP contribution in [0.5, 0.6) is 0 Å². The summed E-state index contributed by atoms with van der Waals surface area (Å²) in [5, 5.41) is 7.81. The number of amides is 1. The van der Waals surface area contributed by atoms with Gasteiger partial charge in [0.05, 0.1) is 17.4 Å². The molecule has 4 nitrogen and oxygen atoms in total. The molecule has 0 radical (unpaired) electrons. The first kappa shape index (κ1) is 16.3. The molecule has 1 aromatic heterocycles. The van der Waals surface area contributed by atoms with Crippen molar-refractivity contribution in [2.75, 3.05) is 0 Å². The van der Waals surface area contributed by atoms with Gasteiger partial charge < -0.3 is 5.32 Å². The van der Waals surface area contributed by atoms with Crippen molar-refractivity contribution in [3.05, 3.63) is 82.6 Å². The molecule has 0 aliphatic carbocycles. The molecule has 1 N–H and O–H groups in total. The van der Waals surface area contributed by atoms with Gasteiger partial charge in [-0.25, -0.2) is 4.68 Å². The van der Waals surface area contributed by atoms with Gasteiger partial charge in [-0.05, 0) is 41.8 Å². The number of hydrogen-bond donors (Lipinski definition) is 1. The Hall–Kier alpha value is -2.59. The summed E-state index contributed by atoms with van der Waals surface area (Å²) in [5.41, 5.74) is 3.74. The lowest BCUT2D eigenvalue weighted by molar-refractivity contribution is 0.0951. The van der Waals surface area contributed by atoms with Crippen molar-refractivity contribution in [2.24, 2.45) is 0 Å². The lowest BCUT2D eigenvalue weighted by Crippen LogP contribution is -2.22. The Bertz CT molecular complexity index is 823. The maximum Gasteiger partial charge on any atom is 0.254 e. The number of aryl methyl sites for hydroxylation is 1. The molecular weight excluding hydrogens is 322 g/mol. The van der Waals surface area contributed by atoms with Gasteiger partial charge in [0, 0.05) is 17.8 Å². The Labute approximate surface area is 146 Å². The first-order valence-corrected chi connectivity index (χ1v) is 8.20. The molecule has 0 spiro atoms. The number of carbonyl (C=O) groups is 1. The van der Waals surface area contributed by atoms with E-state index >= 15 is 0 Å². The van der Waals surface area contributed by atoms with E-state index in [1.165, 1.54) is 5.56 Å². The van der Waals surface area contributed by atoms with Crippen LogP contribution in [-0.2, 0) is 13.0 Å². The molecular formula is C19H18ClN3O.